The van der Waals surface area contributed by atoms with E-state index in [2.05, 4.69) is 25.7 Å². The monoisotopic (exact) mass is 197 g/mol. The summed E-state index contributed by atoms with van der Waals surface area (Å²) in [6, 6.07) is 0.691. The fourth-order valence-corrected chi connectivity index (χ4v) is 1.57. The fourth-order valence-electron chi connectivity index (χ4n) is 1.57. The van der Waals surface area contributed by atoms with E-state index in [4.69, 9.17) is 0 Å². The van der Waals surface area contributed by atoms with Crippen LogP contribution in [0.1, 0.15) is 58.8 Å². The number of hydrogen-bond donors (Lipinski definition) is 1. The zero-order valence-corrected chi connectivity index (χ0v) is 10.0. The third kappa shape index (κ3) is 9.79. The number of hydrogen-bond acceptors (Lipinski definition) is 1. The van der Waals surface area contributed by atoms with Gasteiger partial charge in [0.2, 0.25) is 0 Å². The summed E-state index contributed by atoms with van der Waals surface area (Å²) in [4.78, 5) is 0. The Balaban J connectivity index is 3.10. The summed E-state index contributed by atoms with van der Waals surface area (Å²) in [6.45, 7) is 9.41. The second-order valence-electron chi connectivity index (χ2n) is 4.14. The maximum absolute atomic E-state index is 3.72. The molecule has 0 rings (SSSR count). The molecule has 0 saturated heterocycles. The molecule has 0 fully saturated rings. The Morgan fingerprint density at radius 2 is 2.00 bits per heavy atom. The predicted molar refractivity (Wildman–Crippen MR) is 65.7 cm³/mol. The first-order valence-electron chi connectivity index (χ1n) is 6.15. The lowest BCUT2D eigenvalue weighted by Gasteiger charge is -2.12. The SMILES string of the molecule is C=CCCCNC(C)CCCCCC. The van der Waals surface area contributed by atoms with Crippen LogP contribution in [0.4, 0.5) is 0 Å². The second kappa shape index (κ2) is 10.8. The van der Waals surface area contributed by atoms with Crippen molar-refractivity contribution < 1.29 is 0 Å². The molecule has 0 aliphatic carbocycles. The van der Waals surface area contributed by atoms with Crippen molar-refractivity contribution in [1.29, 1.82) is 0 Å². The zero-order valence-electron chi connectivity index (χ0n) is 10.0. The number of nitrogens with one attached hydrogen (secondary N) is 1. The molecule has 1 N–H and O–H groups in total. The Morgan fingerprint density at radius 3 is 2.64 bits per heavy atom. The lowest BCUT2D eigenvalue weighted by atomic mass is 10.1. The van der Waals surface area contributed by atoms with Crippen LogP contribution >= 0.6 is 0 Å². The van der Waals surface area contributed by atoms with Gasteiger partial charge in [0.15, 0.2) is 0 Å². The molecule has 14 heavy (non-hydrogen) atoms. The van der Waals surface area contributed by atoms with Gasteiger partial charge in [-0.2, -0.15) is 0 Å². The van der Waals surface area contributed by atoms with Gasteiger partial charge >= 0.3 is 0 Å². The van der Waals surface area contributed by atoms with Crippen LogP contribution in [-0.2, 0) is 0 Å². The maximum Gasteiger partial charge on any atom is 0.00387 e. The molecular formula is C13H27N. The van der Waals surface area contributed by atoms with Crippen LogP contribution in [0.3, 0.4) is 0 Å². The highest BCUT2D eigenvalue weighted by Gasteiger charge is 1.99. The van der Waals surface area contributed by atoms with E-state index in [1.807, 2.05) is 6.08 Å². The summed E-state index contributed by atoms with van der Waals surface area (Å²) in [6.07, 6.45) is 11.2. The van der Waals surface area contributed by atoms with Crippen LogP contribution < -0.4 is 5.32 Å². The van der Waals surface area contributed by atoms with Crippen LogP contribution in [0.2, 0.25) is 0 Å². The second-order valence-corrected chi connectivity index (χ2v) is 4.14. The lowest BCUT2D eigenvalue weighted by Crippen LogP contribution is -2.26. The molecule has 0 amide bonds. The van der Waals surface area contributed by atoms with E-state index in [1.54, 1.807) is 0 Å². The summed E-state index contributed by atoms with van der Waals surface area (Å²) >= 11 is 0. The van der Waals surface area contributed by atoms with Crippen LogP contribution in [0.15, 0.2) is 12.7 Å². The van der Waals surface area contributed by atoms with Crippen LogP contribution in [0.5, 0.6) is 0 Å². The molecule has 0 saturated carbocycles. The zero-order chi connectivity index (χ0) is 10.6. The highest BCUT2D eigenvalue weighted by Crippen LogP contribution is 2.05. The van der Waals surface area contributed by atoms with E-state index in [9.17, 15) is 0 Å². The molecular weight excluding hydrogens is 170 g/mol. The molecule has 0 radical (unpaired) electrons. The van der Waals surface area contributed by atoms with Gasteiger partial charge in [-0.25, -0.2) is 0 Å². The van der Waals surface area contributed by atoms with E-state index in [0.29, 0.717) is 6.04 Å². The van der Waals surface area contributed by atoms with Crippen LogP contribution in [0.25, 0.3) is 0 Å². The fraction of sp³-hybridized carbons (Fsp3) is 0.846. The first-order valence-corrected chi connectivity index (χ1v) is 6.15. The number of rotatable bonds is 10. The summed E-state index contributed by atoms with van der Waals surface area (Å²) in [7, 11) is 0. The smallest absolute Gasteiger partial charge is 0.00387 e. The van der Waals surface area contributed by atoms with E-state index < -0.39 is 0 Å². The molecule has 0 aliphatic heterocycles. The molecule has 1 unspecified atom stereocenters. The predicted octanol–water partition coefficient (Wildman–Crippen LogP) is 3.90. The lowest BCUT2D eigenvalue weighted by molar-refractivity contribution is 0.479. The van der Waals surface area contributed by atoms with Gasteiger partial charge in [-0.1, -0.05) is 38.7 Å². The molecule has 0 aromatic rings. The molecule has 1 heteroatoms. The molecule has 0 aromatic heterocycles. The minimum Gasteiger partial charge on any atom is -0.314 e. The highest BCUT2D eigenvalue weighted by atomic mass is 14.9. The third-order valence-electron chi connectivity index (χ3n) is 2.57. The van der Waals surface area contributed by atoms with Crippen molar-refractivity contribution in [3.63, 3.8) is 0 Å². The Labute approximate surface area is 90.0 Å². The van der Waals surface area contributed by atoms with Crippen molar-refractivity contribution >= 4 is 0 Å². The van der Waals surface area contributed by atoms with E-state index >= 15 is 0 Å². The molecule has 0 spiro atoms. The number of allylic oxidation sites excluding steroid dienone is 1. The van der Waals surface area contributed by atoms with E-state index in [0.717, 1.165) is 13.0 Å². The molecule has 0 heterocycles. The molecule has 0 aliphatic rings. The molecule has 0 bridgehead atoms. The third-order valence-corrected chi connectivity index (χ3v) is 2.57. The van der Waals surface area contributed by atoms with Gasteiger partial charge in [-0.15, -0.1) is 6.58 Å². The Bertz CT molecular complexity index is 120. The molecule has 84 valence electrons. The minimum absolute atomic E-state index is 0.691. The van der Waals surface area contributed by atoms with Gasteiger partial charge in [0.1, 0.15) is 0 Å². The maximum atomic E-state index is 3.72. The first-order chi connectivity index (χ1) is 6.81. The van der Waals surface area contributed by atoms with Crippen molar-refractivity contribution in [2.24, 2.45) is 0 Å². The quantitative estimate of drug-likeness (QED) is 0.414. The summed E-state index contributed by atoms with van der Waals surface area (Å²) in [5.41, 5.74) is 0. The first kappa shape index (κ1) is 13.7. The average molecular weight is 197 g/mol. The van der Waals surface area contributed by atoms with Crippen molar-refractivity contribution in [2.45, 2.75) is 64.8 Å². The van der Waals surface area contributed by atoms with Gasteiger partial charge in [0.05, 0.1) is 0 Å². The van der Waals surface area contributed by atoms with Crippen LogP contribution in [-0.4, -0.2) is 12.6 Å². The van der Waals surface area contributed by atoms with Gasteiger partial charge < -0.3 is 5.32 Å². The summed E-state index contributed by atoms with van der Waals surface area (Å²) in [5, 5.41) is 3.55. The standard InChI is InChI=1S/C13H27N/c1-4-6-8-9-11-13(3)14-12-10-7-5-2/h5,13-14H,2,4,6-12H2,1,3H3. The largest absolute Gasteiger partial charge is 0.314 e. The average Bonchev–Trinajstić information content (AvgIpc) is 2.19. The Morgan fingerprint density at radius 1 is 1.21 bits per heavy atom. The minimum atomic E-state index is 0.691. The molecule has 0 aromatic carbocycles. The van der Waals surface area contributed by atoms with Crippen molar-refractivity contribution in [1.82, 2.24) is 5.32 Å². The highest BCUT2D eigenvalue weighted by molar-refractivity contribution is 4.68. The topological polar surface area (TPSA) is 12.0 Å². The number of unbranched alkanes of at least 4 members (excludes halogenated alkanes) is 4. The van der Waals surface area contributed by atoms with E-state index in [1.165, 1.54) is 38.5 Å². The van der Waals surface area contributed by atoms with Crippen LogP contribution in [0, 0.1) is 0 Å². The van der Waals surface area contributed by atoms with Gasteiger partial charge in [0.25, 0.3) is 0 Å². The van der Waals surface area contributed by atoms with Crippen molar-refractivity contribution in [3.05, 3.63) is 12.7 Å². The Hall–Kier alpha value is -0.300. The van der Waals surface area contributed by atoms with Gasteiger partial charge in [0, 0.05) is 6.04 Å². The summed E-state index contributed by atoms with van der Waals surface area (Å²) in [5.74, 6) is 0. The Kier molecular flexibility index (Phi) is 10.5. The van der Waals surface area contributed by atoms with Crippen molar-refractivity contribution in [3.8, 4) is 0 Å². The normalized spacial score (nSPS) is 12.7. The van der Waals surface area contributed by atoms with Crippen molar-refractivity contribution in [2.75, 3.05) is 6.54 Å². The molecule has 1 atom stereocenters. The van der Waals surface area contributed by atoms with Gasteiger partial charge in [-0.3, -0.25) is 0 Å². The molecule has 1 nitrogen and oxygen atoms in total. The van der Waals surface area contributed by atoms with Gasteiger partial charge in [-0.05, 0) is 32.7 Å². The summed E-state index contributed by atoms with van der Waals surface area (Å²) < 4.78 is 0. The van der Waals surface area contributed by atoms with E-state index in [-0.39, 0.29) is 0 Å².